The molecule has 0 amide bonds. The minimum Gasteiger partial charge on any atom is -0.497 e. The summed E-state index contributed by atoms with van der Waals surface area (Å²) in [7, 11) is 1.65. The predicted octanol–water partition coefficient (Wildman–Crippen LogP) is 3.80. The van der Waals surface area contributed by atoms with Crippen LogP contribution in [0.15, 0.2) is 48.5 Å². The van der Waals surface area contributed by atoms with Crippen molar-refractivity contribution in [1.29, 1.82) is 0 Å². The van der Waals surface area contributed by atoms with Crippen molar-refractivity contribution in [3.8, 4) is 17.2 Å². The van der Waals surface area contributed by atoms with Gasteiger partial charge in [-0.3, -0.25) is 0 Å². The van der Waals surface area contributed by atoms with Crippen molar-refractivity contribution in [3.05, 3.63) is 54.1 Å². The summed E-state index contributed by atoms with van der Waals surface area (Å²) in [6.45, 7) is 2.01. The SMILES string of the molecule is COc1ccc(C)c(Oc2ccccc2)c1. The van der Waals surface area contributed by atoms with Gasteiger partial charge >= 0.3 is 0 Å². The first kappa shape index (κ1) is 10.6. The van der Waals surface area contributed by atoms with E-state index in [0.717, 1.165) is 22.8 Å². The van der Waals surface area contributed by atoms with Gasteiger partial charge in [-0.2, -0.15) is 0 Å². The van der Waals surface area contributed by atoms with E-state index in [1.165, 1.54) is 0 Å². The predicted molar refractivity (Wildman–Crippen MR) is 64.2 cm³/mol. The molecule has 0 atom stereocenters. The van der Waals surface area contributed by atoms with Crippen molar-refractivity contribution in [3.63, 3.8) is 0 Å². The number of ether oxygens (including phenoxy) is 2. The van der Waals surface area contributed by atoms with Crippen LogP contribution in [0.25, 0.3) is 0 Å². The van der Waals surface area contributed by atoms with Crippen LogP contribution in [0, 0.1) is 6.92 Å². The summed E-state index contributed by atoms with van der Waals surface area (Å²) in [4.78, 5) is 0. The number of para-hydroxylation sites is 1. The maximum atomic E-state index is 5.77. The van der Waals surface area contributed by atoms with Crippen LogP contribution in [0.5, 0.6) is 17.2 Å². The Hall–Kier alpha value is -1.96. The van der Waals surface area contributed by atoms with Gasteiger partial charge in [0.2, 0.25) is 0 Å². The molecule has 82 valence electrons. The Kier molecular flexibility index (Phi) is 3.10. The molecule has 0 radical (unpaired) electrons. The second-order valence-electron chi connectivity index (χ2n) is 3.55. The lowest BCUT2D eigenvalue weighted by Crippen LogP contribution is -1.89. The summed E-state index contributed by atoms with van der Waals surface area (Å²) in [6, 6.07) is 15.5. The molecule has 0 aromatic heterocycles. The zero-order valence-corrected chi connectivity index (χ0v) is 9.44. The fraction of sp³-hybridized carbons (Fsp3) is 0.143. The quantitative estimate of drug-likeness (QED) is 0.773. The van der Waals surface area contributed by atoms with E-state index in [1.54, 1.807) is 7.11 Å². The molecule has 2 aromatic rings. The standard InChI is InChI=1S/C14H14O2/c1-11-8-9-13(15-2)10-14(11)16-12-6-4-3-5-7-12/h3-10H,1-2H3. The normalized spacial score (nSPS) is 9.88. The van der Waals surface area contributed by atoms with E-state index in [0.29, 0.717) is 0 Å². The highest BCUT2D eigenvalue weighted by Gasteiger charge is 2.02. The van der Waals surface area contributed by atoms with E-state index >= 15 is 0 Å². The lowest BCUT2D eigenvalue weighted by atomic mass is 10.2. The van der Waals surface area contributed by atoms with Gasteiger partial charge in [0.15, 0.2) is 0 Å². The Morgan fingerprint density at radius 2 is 1.62 bits per heavy atom. The average Bonchev–Trinajstić information content (AvgIpc) is 2.33. The van der Waals surface area contributed by atoms with Crippen LogP contribution in [0.2, 0.25) is 0 Å². The molecule has 0 saturated carbocycles. The summed E-state index contributed by atoms with van der Waals surface area (Å²) >= 11 is 0. The van der Waals surface area contributed by atoms with Crippen molar-refractivity contribution in [2.75, 3.05) is 7.11 Å². The minimum atomic E-state index is 0.802. The first-order valence-electron chi connectivity index (χ1n) is 5.17. The first-order valence-corrected chi connectivity index (χ1v) is 5.17. The fourth-order valence-electron chi connectivity index (χ4n) is 1.43. The molecule has 0 N–H and O–H groups in total. The Morgan fingerprint density at radius 1 is 0.875 bits per heavy atom. The Balaban J connectivity index is 2.27. The molecule has 0 spiro atoms. The average molecular weight is 214 g/mol. The molecule has 16 heavy (non-hydrogen) atoms. The molecular formula is C14H14O2. The summed E-state index contributed by atoms with van der Waals surface area (Å²) in [5.74, 6) is 2.46. The lowest BCUT2D eigenvalue weighted by molar-refractivity contribution is 0.408. The first-order chi connectivity index (χ1) is 7.79. The topological polar surface area (TPSA) is 18.5 Å². The van der Waals surface area contributed by atoms with Crippen molar-refractivity contribution in [1.82, 2.24) is 0 Å². The van der Waals surface area contributed by atoms with Gasteiger partial charge < -0.3 is 9.47 Å². The molecule has 0 fully saturated rings. The fourth-order valence-corrected chi connectivity index (χ4v) is 1.43. The highest BCUT2D eigenvalue weighted by Crippen LogP contribution is 2.28. The van der Waals surface area contributed by atoms with Crippen molar-refractivity contribution in [2.24, 2.45) is 0 Å². The molecule has 2 nitrogen and oxygen atoms in total. The molecule has 0 bridgehead atoms. The Labute approximate surface area is 95.4 Å². The van der Waals surface area contributed by atoms with Crippen LogP contribution in [0.3, 0.4) is 0 Å². The van der Waals surface area contributed by atoms with Gasteiger partial charge in [-0.15, -0.1) is 0 Å². The zero-order chi connectivity index (χ0) is 11.4. The molecule has 0 aliphatic carbocycles. The largest absolute Gasteiger partial charge is 0.497 e. The van der Waals surface area contributed by atoms with Gasteiger partial charge in [-0.05, 0) is 30.7 Å². The second-order valence-corrected chi connectivity index (χ2v) is 3.55. The van der Waals surface area contributed by atoms with Gasteiger partial charge in [-0.1, -0.05) is 24.3 Å². The van der Waals surface area contributed by atoms with Gasteiger partial charge in [0.05, 0.1) is 7.11 Å². The third-order valence-electron chi connectivity index (χ3n) is 2.37. The smallest absolute Gasteiger partial charge is 0.134 e. The van der Waals surface area contributed by atoms with Crippen LogP contribution < -0.4 is 9.47 Å². The van der Waals surface area contributed by atoms with E-state index in [4.69, 9.17) is 9.47 Å². The van der Waals surface area contributed by atoms with Crippen molar-refractivity contribution >= 4 is 0 Å². The number of benzene rings is 2. The van der Waals surface area contributed by atoms with E-state index in [9.17, 15) is 0 Å². The molecule has 0 saturated heterocycles. The molecule has 2 aromatic carbocycles. The molecule has 0 aliphatic heterocycles. The highest BCUT2D eigenvalue weighted by molar-refractivity contribution is 5.42. The minimum absolute atomic E-state index is 0.802. The van der Waals surface area contributed by atoms with Gasteiger partial charge in [0, 0.05) is 6.07 Å². The second kappa shape index (κ2) is 4.71. The molecule has 0 aliphatic rings. The summed E-state index contributed by atoms with van der Waals surface area (Å²) < 4.78 is 10.9. The van der Waals surface area contributed by atoms with E-state index in [-0.39, 0.29) is 0 Å². The summed E-state index contributed by atoms with van der Waals surface area (Å²) in [5, 5.41) is 0. The highest BCUT2D eigenvalue weighted by atomic mass is 16.5. The molecule has 2 rings (SSSR count). The Morgan fingerprint density at radius 3 is 2.31 bits per heavy atom. The zero-order valence-electron chi connectivity index (χ0n) is 9.44. The molecule has 0 heterocycles. The number of aryl methyl sites for hydroxylation is 1. The monoisotopic (exact) mass is 214 g/mol. The van der Waals surface area contributed by atoms with Gasteiger partial charge in [-0.25, -0.2) is 0 Å². The molecule has 2 heteroatoms. The van der Waals surface area contributed by atoms with Crippen LogP contribution in [-0.2, 0) is 0 Å². The van der Waals surface area contributed by atoms with Crippen LogP contribution in [0.4, 0.5) is 0 Å². The number of rotatable bonds is 3. The van der Waals surface area contributed by atoms with Gasteiger partial charge in [0.1, 0.15) is 17.2 Å². The van der Waals surface area contributed by atoms with Crippen molar-refractivity contribution < 1.29 is 9.47 Å². The van der Waals surface area contributed by atoms with Crippen molar-refractivity contribution in [2.45, 2.75) is 6.92 Å². The molecular weight excluding hydrogens is 200 g/mol. The molecule has 0 unspecified atom stereocenters. The van der Waals surface area contributed by atoms with Gasteiger partial charge in [0.25, 0.3) is 0 Å². The third-order valence-corrected chi connectivity index (χ3v) is 2.37. The van der Waals surface area contributed by atoms with Crippen LogP contribution in [0.1, 0.15) is 5.56 Å². The lowest BCUT2D eigenvalue weighted by Gasteiger charge is -2.09. The van der Waals surface area contributed by atoms with E-state index in [2.05, 4.69) is 0 Å². The maximum absolute atomic E-state index is 5.77. The Bertz CT molecular complexity index is 463. The summed E-state index contributed by atoms with van der Waals surface area (Å²) in [5.41, 5.74) is 1.09. The number of hydrogen-bond acceptors (Lipinski definition) is 2. The maximum Gasteiger partial charge on any atom is 0.134 e. The van der Waals surface area contributed by atoms with E-state index in [1.807, 2.05) is 55.5 Å². The van der Waals surface area contributed by atoms with E-state index < -0.39 is 0 Å². The van der Waals surface area contributed by atoms with Crippen LogP contribution in [-0.4, -0.2) is 7.11 Å². The van der Waals surface area contributed by atoms with Crippen LogP contribution >= 0.6 is 0 Å². The number of hydrogen-bond donors (Lipinski definition) is 0. The third kappa shape index (κ3) is 2.34. The summed E-state index contributed by atoms with van der Waals surface area (Å²) in [6.07, 6.45) is 0. The number of methoxy groups -OCH3 is 1.